The van der Waals surface area contributed by atoms with Gasteiger partial charge in [0.1, 0.15) is 10.7 Å². The molecule has 3 aromatic rings. The quantitative estimate of drug-likeness (QED) is 0.538. The summed E-state index contributed by atoms with van der Waals surface area (Å²) in [5.74, 6) is 1.07. The molecule has 2 heterocycles. The predicted molar refractivity (Wildman–Crippen MR) is 127 cm³/mol. The normalized spacial score (nSPS) is 18.7. The van der Waals surface area contributed by atoms with Crippen molar-refractivity contribution in [1.82, 2.24) is 14.3 Å². The van der Waals surface area contributed by atoms with E-state index >= 15 is 0 Å². The number of sulfonamides is 1. The number of rotatable bonds is 7. The Morgan fingerprint density at radius 1 is 1.15 bits per heavy atom. The molecule has 3 N–H and O–H groups in total. The number of anilines is 1. The Morgan fingerprint density at radius 3 is 2.61 bits per heavy atom. The van der Waals surface area contributed by atoms with Gasteiger partial charge in [-0.3, -0.25) is 4.90 Å². The number of aromatic amines is 1. The molecule has 0 saturated heterocycles. The predicted octanol–water partition coefficient (Wildman–Crippen LogP) is 4.29. The van der Waals surface area contributed by atoms with Crippen molar-refractivity contribution < 1.29 is 13.2 Å². The van der Waals surface area contributed by atoms with Crippen molar-refractivity contribution in [2.45, 2.75) is 63.1 Å². The van der Waals surface area contributed by atoms with Crippen LogP contribution in [0.2, 0.25) is 0 Å². The first-order chi connectivity index (χ1) is 15.8. The molecule has 1 fully saturated rings. The molecule has 0 radical (unpaired) electrons. The largest absolute Gasteiger partial charge is 0.340 e. The topological polar surface area (TPSA) is 112 Å². The summed E-state index contributed by atoms with van der Waals surface area (Å²) in [6, 6.07) is 11.4. The SMILES string of the molecule is CC(C)CCC(c1nc2cc(CN)ccc2[nH]1)N1C(=O)N(C2CC2)S(=O)(=O)c2ccccc21. The molecule has 1 saturated carbocycles. The number of hydrogen-bond acceptors (Lipinski definition) is 5. The number of carbonyl (C=O) groups excluding carboxylic acids is 1. The van der Waals surface area contributed by atoms with Crippen LogP contribution in [0.4, 0.5) is 10.5 Å². The van der Waals surface area contributed by atoms with Crippen molar-refractivity contribution >= 4 is 32.8 Å². The first-order valence-electron chi connectivity index (χ1n) is 11.5. The second kappa shape index (κ2) is 8.14. The summed E-state index contributed by atoms with van der Waals surface area (Å²) >= 11 is 0. The second-order valence-electron chi connectivity index (χ2n) is 9.32. The van der Waals surface area contributed by atoms with E-state index in [-0.39, 0.29) is 10.9 Å². The van der Waals surface area contributed by atoms with Gasteiger partial charge < -0.3 is 10.7 Å². The van der Waals surface area contributed by atoms with E-state index in [4.69, 9.17) is 10.7 Å². The van der Waals surface area contributed by atoms with Gasteiger partial charge in [0.25, 0.3) is 10.0 Å². The lowest BCUT2D eigenvalue weighted by Gasteiger charge is -2.40. The molecule has 1 unspecified atom stereocenters. The number of fused-ring (bicyclic) bond motifs is 2. The highest BCUT2D eigenvalue weighted by Gasteiger charge is 2.50. The van der Waals surface area contributed by atoms with Crippen LogP contribution in [-0.2, 0) is 16.6 Å². The van der Waals surface area contributed by atoms with Crippen LogP contribution in [-0.4, -0.2) is 34.8 Å². The molecule has 174 valence electrons. The number of amides is 2. The maximum Gasteiger partial charge on any atom is 0.339 e. The molecular formula is C24H29N5O3S. The molecule has 1 aromatic heterocycles. The zero-order valence-corrected chi connectivity index (χ0v) is 19.7. The van der Waals surface area contributed by atoms with E-state index < -0.39 is 22.1 Å². The minimum absolute atomic E-state index is 0.174. The van der Waals surface area contributed by atoms with Gasteiger partial charge in [-0.15, -0.1) is 0 Å². The Balaban J connectivity index is 1.66. The Bertz CT molecular complexity index is 1310. The number of urea groups is 1. The van der Waals surface area contributed by atoms with Crippen LogP contribution in [0.1, 0.15) is 57.0 Å². The minimum atomic E-state index is -3.88. The van der Waals surface area contributed by atoms with Crippen LogP contribution in [0.25, 0.3) is 11.0 Å². The van der Waals surface area contributed by atoms with Gasteiger partial charge in [-0.25, -0.2) is 22.5 Å². The molecule has 1 aliphatic carbocycles. The summed E-state index contributed by atoms with van der Waals surface area (Å²) in [5.41, 5.74) is 8.83. The van der Waals surface area contributed by atoms with Gasteiger partial charge in [0, 0.05) is 6.54 Å². The Kier molecular flexibility index (Phi) is 5.41. The molecule has 5 rings (SSSR count). The summed E-state index contributed by atoms with van der Waals surface area (Å²) in [7, 11) is -3.88. The first-order valence-corrected chi connectivity index (χ1v) is 12.9. The zero-order chi connectivity index (χ0) is 23.3. The maximum atomic E-state index is 13.8. The van der Waals surface area contributed by atoms with Crippen LogP contribution in [0.5, 0.6) is 0 Å². The lowest BCUT2D eigenvalue weighted by atomic mass is 10.0. The molecule has 2 aliphatic rings. The number of nitrogens with one attached hydrogen (secondary N) is 1. The highest BCUT2D eigenvalue weighted by atomic mass is 32.2. The number of aromatic nitrogens is 2. The summed E-state index contributed by atoms with van der Waals surface area (Å²) in [4.78, 5) is 23.8. The van der Waals surface area contributed by atoms with Gasteiger partial charge >= 0.3 is 6.03 Å². The van der Waals surface area contributed by atoms with Gasteiger partial charge in [0.05, 0.1) is 28.8 Å². The van der Waals surface area contributed by atoms with E-state index in [0.29, 0.717) is 43.2 Å². The number of hydrogen-bond donors (Lipinski definition) is 2. The number of nitrogens with two attached hydrogens (primary N) is 1. The van der Waals surface area contributed by atoms with E-state index in [1.807, 2.05) is 18.2 Å². The fraction of sp³-hybridized carbons (Fsp3) is 0.417. The standard InChI is InChI=1S/C24H29N5O3S/c1-15(2)7-12-21(23-26-18-11-8-16(14-25)13-19(18)27-23)28-20-5-3-4-6-22(20)33(31,32)29(24(28)30)17-9-10-17/h3-6,8,11,13,15,17,21H,7,9-10,12,14,25H2,1-2H3,(H,26,27). The lowest BCUT2D eigenvalue weighted by molar-refractivity contribution is 0.222. The van der Waals surface area contributed by atoms with Crippen molar-refractivity contribution in [3.8, 4) is 0 Å². The Morgan fingerprint density at radius 2 is 1.91 bits per heavy atom. The summed E-state index contributed by atoms with van der Waals surface area (Å²) in [6.45, 7) is 4.69. The maximum absolute atomic E-state index is 13.8. The zero-order valence-electron chi connectivity index (χ0n) is 18.9. The number of para-hydroxylation sites is 1. The van der Waals surface area contributed by atoms with Crippen LogP contribution >= 0.6 is 0 Å². The van der Waals surface area contributed by atoms with Crippen LogP contribution < -0.4 is 10.6 Å². The smallest absolute Gasteiger partial charge is 0.339 e. The highest BCUT2D eigenvalue weighted by molar-refractivity contribution is 7.90. The van der Waals surface area contributed by atoms with E-state index in [2.05, 4.69) is 18.8 Å². The minimum Gasteiger partial charge on any atom is -0.340 e. The van der Waals surface area contributed by atoms with Gasteiger partial charge in [-0.2, -0.15) is 0 Å². The average Bonchev–Trinajstić information content (AvgIpc) is 3.52. The van der Waals surface area contributed by atoms with Crippen LogP contribution in [0, 0.1) is 5.92 Å². The summed E-state index contributed by atoms with van der Waals surface area (Å²) in [5, 5.41) is 0. The molecular weight excluding hydrogens is 438 g/mol. The van der Waals surface area contributed by atoms with Crippen molar-refractivity contribution in [2.75, 3.05) is 4.90 Å². The third-order valence-corrected chi connectivity index (χ3v) is 8.25. The van der Waals surface area contributed by atoms with E-state index in [1.165, 1.54) is 0 Å². The van der Waals surface area contributed by atoms with Gasteiger partial charge in [0.15, 0.2) is 0 Å². The molecule has 1 atom stereocenters. The van der Waals surface area contributed by atoms with Crippen molar-refractivity contribution in [3.05, 3.63) is 53.9 Å². The molecule has 8 nitrogen and oxygen atoms in total. The third kappa shape index (κ3) is 3.79. The van der Waals surface area contributed by atoms with Crippen molar-refractivity contribution in [1.29, 1.82) is 0 Å². The number of H-pyrrole nitrogens is 1. The van der Waals surface area contributed by atoms with Crippen LogP contribution in [0.3, 0.4) is 0 Å². The molecule has 9 heteroatoms. The van der Waals surface area contributed by atoms with Crippen LogP contribution in [0.15, 0.2) is 47.4 Å². The van der Waals surface area contributed by atoms with Gasteiger partial charge in [-0.05, 0) is 61.4 Å². The third-order valence-electron chi connectivity index (χ3n) is 6.38. The first kappa shape index (κ1) is 21.9. The Hall–Kier alpha value is -2.91. The number of carbonyl (C=O) groups is 1. The second-order valence-corrected chi connectivity index (χ2v) is 11.1. The highest BCUT2D eigenvalue weighted by Crippen LogP contribution is 2.44. The molecule has 0 spiro atoms. The summed E-state index contributed by atoms with van der Waals surface area (Å²) < 4.78 is 27.7. The molecule has 1 aliphatic heterocycles. The number of benzene rings is 2. The van der Waals surface area contributed by atoms with E-state index in [9.17, 15) is 13.2 Å². The summed E-state index contributed by atoms with van der Waals surface area (Å²) in [6.07, 6.45) is 2.91. The fourth-order valence-corrected chi connectivity index (χ4v) is 6.28. The molecule has 0 bridgehead atoms. The van der Waals surface area contributed by atoms with E-state index in [1.54, 1.807) is 29.2 Å². The van der Waals surface area contributed by atoms with Crippen molar-refractivity contribution in [3.63, 3.8) is 0 Å². The fourth-order valence-electron chi connectivity index (χ4n) is 4.49. The van der Waals surface area contributed by atoms with Gasteiger partial charge in [-0.1, -0.05) is 32.0 Å². The average molecular weight is 468 g/mol. The molecule has 2 aromatic carbocycles. The number of imidazole rings is 1. The molecule has 33 heavy (non-hydrogen) atoms. The lowest BCUT2D eigenvalue weighted by Crippen LogP contribution is -2.53. The molecule has 2 amide bonds. The Labute approximate surface area is 193 Å². The number of nitrogens with zero attached hydrogens (tertiary/aromatic N) is 3. The van der Waals surface area contributed by atoms with Crippen molar-refractivity contribution in [2.24, 2.45) is 11.7 Å². The van der Waals surface area contributed by atoms with Gasteiger partial charge in [0.2, 0.25) is 0 Å². The van der Waals surface area contributed by atoms with E-state index in [0.717, 1.165) is 27.3 Å². The monoisotopic (exact) mass is 467 g/mol.